The Bertz CT molecular complexity index is 1210. The Hall–Kier alpha value is -3.67. The normalized spacial score (nSPS) is 12.7. The minimum Gasteiger partial charge on any atom is -0.497 e. The lowest BCUT2D eigenvalue weighted by atomic mass is 10.1. The van der Waals surface area contributed by atoms with Crippen molar-refractivity contribution in [2.75, 3.05) is 7.11 Å². The number of nitrogens with one attached hydrogen (secondary N) is 3. The number of H-pyrrole nitrogens is 3. The second-order valence-electron chi connectivity index (χ2n) is 5.75. The Morgan fingerprint density at radius 1 is 0.962 bits per heavy atom. The van der Waals surface area contributed by atoms with Crippen LogP contribution < -0.4 is 25.6 Å². The highest BCUT2D eigenvalue weighted by Crippen LogP contribution is 2.18. The second kappa shape index (κ2) is 6.68. The molecule has 0 aliphatic heterocycles. The molecule has 0 aliphatic rings. The third-order valence-corrected chi connectivity index (χ3v) is 4.14. The van der Waals surface area contributed by atoms with Gasteiger partial charge in [0, 0.05) is 22.7 Å². The molecule has 2 aromatic heterocycles. The minimum absolute atomic E-state index is 0.208. The average Bonchev–Trinajstić information content (AvgIpc) is 3.25. The highest BCUT2D eigenvalue weighted by Gasteiger charge is 2.02. The smallest absolute Gasteiger partial charge is 0.271 e. The zero-order valence-corrected chi connectivity index (χ0v) is 14.1. The SMILES string of the molecule is COc1ccc(OC=c2[nH][nH]c(=O)c2=Cc2c[nH]c3ccccc23)cc1. The van der Waals surface area contributed by atoms with Gasteiger partial charge in [0.25, 0.3) is 5.56 Å². The van der Waals surface area contributed by atoms with E-state index >= 15 is 0 Å². The monoisotopic (exact) mass is 347 g/mol. The molecule has 4 rings (SSSR count). The average molecular weight is 347 g/mol. The van der Waals surface area contributed by atoms with E-state index in [4.69, 9.17) is 9.47 Å². The summed E-state index contributed by atoms with van der Waals surface area (Å²) in [4.78, 5) is 15.4. The van der Waals surface area contributed by atoms with Crippen molar-refractivity contribution in [2.45, 2.75) is 0 Å². The van der Waals surface area contributed by atoms with Crippen LogP contribution in [-0.2, 0) is 0 Å². The standard InChI is InChI=1S/C20H17N3O3/c1-25-14-6-8-15(9-7-14)26-12-19-17(20(24)23-22-19)10-13-11-21-18-5-3-2-4-16(13)18/h2-12,21-22H,1H3,(H,23,24). The van der Waals surface area contributed by atoms with Crippen molar-refractivity contribution < 1.29 is 9.47 Å². The maximum absolute atomic E-state index is 12.2. The predicted molar refractivity (Wildman–Crippen MR) is 101 cm³/mol. The number of methoxy groups -OCH3 is 1. The summed E-state index contributed by atoms with van der Waals surface area (Å²) < 4.78 is 10.8. The predicted octanol–water partition coefficient (Wildman–Crippen LogP) is 1.84. The van der Waals surface area contributed by atoms with E-state index in [1.165, 1.54) is 6.26 Å². The molecular weight excluding hydrogens is 330 g/mol. The lowest BCUT2D eigenvalue weighted by molar-refractivity contribution is 0.413. The molecule has 3 N–H and O–H groups in total. The first kappa shape index (κ1) is 15.8. The molecule has 0 aliphatic carbocycles. The van der Waals surface area contributed by atoms with Gasteiger partial charge in [-0.05, 0) is 36.4 Å². The van der Waals surface area contributed by atoms with Crippen molar-refractivity contribution >= 4 is 23.2 Å². The molecule has 0 saturated carbocycles. The fraction of sp³-hybridized carbons (Fsp3) is 0.0500. The Morgan fingerprint density at radius 2 is 1.73 bits per heavy atom. The second-order valence-corrected chi connectivity index (χ2v) is 5.75. The Morgan fingerprint density at radius 3 is 2.54 bits per heavy atom. The van der Waals surface area contributed by atoms with Crippen LogP contribution in [0.2, 0.25) is 0 Å². The number of benzene rings is 2. The third kappa shape index (κ3) is 3.00. The summed E-state index contributed by atoms with van der Waals surface area (Å²) in [5.74, 6) is 1.40. The van der Waals surface area contributed by atoms with E-state index in [0.29, 0.717) is 16.3 Å². The van der Waals surface area contributed by atoms with Gasteiger partial charge in [-0.3, -0.25) is 15.0 Å². The van der Waals surface area contributed by atoms with Gasteiger partial charge in [-0.15, -0.1) is 0 Å². The number of rotatable bonds is 4. The fourth-order valence-electron chi connectivity index (χ4n) is 2.77. The number of hydrogen-bond acceptors (Lipinski definition) is 3. The van der Waals surface area contributed by atoms with Crippen molar-refractivity contribution in [1.29, 1.82) is 0 Å². The molecule has 0 spiro atoms. The molecule has 6 heteroatoms. The topological polar surface area (TPSA) is 82.9 Å². The van der Waals surface area contributed by atoms with Crippen LogP contribution >= 0.6 is 0 Å². The van der Waals surface area contributed by atoms with Gasteiger partial charge in [0.05, 0.1) is 12.3 Å². The van der Waals surface area contributed by atoms with Gasteiger partial charge < -0.3 is 14.5 Å². The molecule has 0 radical (unpaired) electrons. The van der Waals surface area contributed by atoms with E-state index in [9.17, 15) is 4.79 Å². The molecule has 2 heterocycles. The Balaban J connectivity index is 1.74. The van der Waals surface area contributed by atoms with Gasteiger partial charge in [-0.1, -0.05) is 18.2 Å². The van der Waals surface area contributed by atoms with Gasteiger partial charge in [0.15, 0.2) is 0 Å². The van der Waals surface area contributed by atoms with E-state index in [2.05, 4.69) is 15.2 Å². The molecule has 4 aromatic rings. The van der Waals surface area contributed by atoms with Crippen molar-refractivity contribution in [1.82, 2.24) is 15.2 Å². The number of fused-ring (bicyclic) bond motifs is 1. The van der Waals surface area contributed by atoms with Crippen LogP contribution in [0.15, 0.2) is 59.5 Å². The van der Waals surface area contributed by atoms with Crippen LogP contribution in [-0.4, -0.2) is 22.3 Å². The Kier molecular flexibility index (Phi) is 4.07. The van der Waals surface area contributed by atoms with Crippen LogP contribution in [0.4, 0.5) is 0 Å². The minimum atomic E-state index is -0.208. The van der Waals surface area contributed by atoms with E-state index in [1.807, 2.05) is 48.7 Å². The first-order valence-electron chi connectivity index (χ1n) is 8.10. The van der Waals surface area contributed by atoms with E-state index in [1.54, 1.807) is 19.2 Å². The molecule has 0 fully saturated rings. The van der Waals surface area contributed by atoms with Gasteiger partial charge in [0.2, 0.25) is 0 Å². The first-order valence-corrected chi connectivity index (χ1v) is 8.10. The van der Waals surface area contributed by atoms with Crippen molar-refractivity contribution in [3.63, 3.8) is 0 Å². The van der Waals surface area contributed by atoms with Crippen LogP contribution in [0.1, 0.15) is 5.56 Å². The van der Waals surface area contributed by atoms with Crippen molar-refractivity contribution in [3.05, 3.63) is 81.2 Å². The van der Waals surface area contributed by atoms with E-state index in [0.717, 1.165) is 22.2 Å². The maximum atomic E-state index is 12.2. The van der Waals surface area contributed by atoms with Crippen LogP contribution in [0, 0.1) is 0 Å². The lowest BCUT2D eigenvalue weighted by Crippen LogP contribution is -2.33. The maximum Gasteiger partial charge on any atom is 0.271 e. The largest absolute Gasteiger partial charge is 0.497 e. The Labute approximate surface area is 148 Å². The van der Waals surface area contributed by atoms with Gasteiger partial charge in [-0.2, -0.15) is 0 Å². The first-order chi connectivity index (χ1) is 12.7. The molecule has 130 valence electrons. The van der Waals surface area contributed by atoms with Gasteiger partial charge in [-0.25, -0.2) is 0 Å². The summed E-state index contributed by atoms with van der Waals surface area (Å²) in [6.45, 7) is 0. The number of hydrogen-bond donors (Lipinski definition) is 3. The number of aromatic amines is 3. The molecule has 0 saturated heterocycles. The van der Waals surface area contributed by atoms with Crippen LogP contribution in [0.3, 0.4) is 0 Å². The molecule has 0 unspecified atom stereocenters. The fourth-order valence-corrected chi connectivity index (χ4v) is 2.77. The number of ether oxygens (including phenoxy) is 2. The van der Waals surface area contributed by atoms with Crippen molar-refractivity contribution in [3.8, 4) is 11.5 Å². The number of aromatic nitrogens is 3. The summed E-state index contributed by atoms with van der Waals surface area (Å²) in [6.07, 6.45) is 5.23. The molecule has 6 nitrogen and oxygen atoms in total. The molecule has 26 heavy (non-hydrogen) atoms. The highest BCUT2D eigenvalue weighted by atomic mass is 16.5. The summed E-state index contributed by atoms with van der Waals surface area (Å²) in [5.41, 5.74) is 1.75. The molecule has 2 aromatic carbocycles. The molecule has 0 amide bonds. The van der Waals surface area contributed by atoms with Crippen LogP contribution in [0.25, 0.3) is 23.2 Å². The molecule has 0 atom stereocenters. The summed E-state index contributed by atoms with van der Waals surface area (Å²) in [5, 5.41) is 7.56. The van der Waals surface area contributed by atoms with Crippen molar-refractivity contribution in [2.24, 2.45) is 0 Å². The van der Waals surface area contributed by atoms with E-state index < -0.39 is 0 Å². The van der Waals surface area contributed by atoms with E-state index in [-0.39, 0.29) is 5.56 Å². The zero-order valence-electron chi connectivity index (χ0n) is 14.1. The highest BCUT2D eigenvalue weighted by molar-refractivity contribution is 5.88. The van der Waals surface area contributed by atoms with Crippen LogP contribution in [0.5, 0.6) is 11.5 Å². The summed E-state index contributed by atoms with van der Waals surface area (Å²) in [6, 6.07) is 15.1. The summed E-state index contributed by atoms with van der Waals surface area (Å²) >= 11 is 0. The van der Waals surface area contributed by atoms with Gasteiger partial charge >= 0.3 is 0 Å². The number of para-hydroxylation sites is 1. The third-order valence-electron chi connectivity index (χ3n) is 4.14. The quantitative estimate of drug-likeness (QED) is 0.527. The molecule has 0 bridgehead atoms. The summed E-state index contributed by atoms with van der Waals surface area (Å²) in [7, 11) is 1.61. The lowest BCUT2D eigenvalue weighted by Gasteiger charge is -2.01. The zero-order chi connectivity index (χ0) is 17.9. The van der Waals surface area contributed by atoms with Gasteiger partial charge in [0.1, 0.15) is 23.1 Å². The molecular formula is C20H17N3O3.